The van der Waals surface area contributed by atoms with Crippen molar-refractivity contribution in [3.05, 3.63) is 12.2 Å². The molecule has 0 spiro atoms. The van der Waals surface area contributed by atoms with Crippen molar-refractivity contribution in [3.8, 4) is 0 Å². The largest absolute Gasteiger partial charge is 0.431 e. The molecule has 80 valence electrons. The van der Waals surface area contributed by atoms with Crippen LogP contribution in [0.1, 0.15) is 20.3 Å². The fourth-order valence-corrected chi connectivity index (χ4v) is 1.94. The number of hydrogen-bond donors (Lipinski definition) is 0. The Labute approximate surface area is 88.8 Å². The highest BCUT2D eigenvalue weighted by atomic mass is 32.2. The third kappa shape index (κ3) is 3.72. The van der Waals surface area contributed by atoms with Gasteiger partial charge in [-0.25, -0.2) is 4.79 Å². The Balaban J connectivity index is 2.37. The van der Waals surface area contributed by atoms with Gasteiger partial charge in [0.2, 0.25) is 6.29 Å². The molecule has 0 aromatic rings. The van der Waals surface area contributed by atoms with Gasteiger partial charge in [-0.1, -0.05) is 13.5 Å². The summed E-state index contributed by atoms with van der Waals surface area (Å²) in [5.74, 6) is 0.338. The second kappa shape index (κ2) is 5.41. The van der Waals surface area contributed by atoms with Crippen LogP contribution in [0, 0.1) is 0 Å². The third-order valence-electron chi connectivity index (χ3n) is 1.93. The van der Waals surface area contributed by atoms with Crippen LogP contribution in [0.3, 0.4) is 0 Å². The van der Waals surface area contributed by atoms with Crippen molar-refractivity contribution in [2.45, 2.75) is 31.8 Å². The van der Waals surface area contributed by atoms with Crippen molar-refractivity contribution >= 4 is 17.7 Å². The molecule has 1 rings (SSSR count). The van der Waals surface area contributed by atoms with Gasteiger partial charge in [0.15, 0.2) is 0 Å². The normalized spacial score (nSPS) is 27.9. The summed E-state index contributed by atoms with van der Waals surface area (Å²) in [4.78, 5) is 11.2. The van der Waals surface area contributed by atoms with Gasteiger partial charge in [0.25, 0.3) is 0 Å². The van der Waals surface area contributed by atoms with Crippen LogP contribution in [0.15, 0.2) is 12.2 Å². The molecule has 2 unspecified atom stereocenters. The summed E-state index contributed by atoms with van der Waals surface area (Å²) in [6.45, 7) is 7.96. The first-order valence-corrected chi connectivity index (χ1v) is 5.74. The molecule has 0 radical (unpaired) electrons. The van der Waals surface area contributed by atoms with Gasteiger partial charge in [-0.3, -0.25) is 0 Å². The van der Waals surface area contributed by atoms with Crippen LogP contribution in [0.25, 0.3) is 0 Å². The fourth-order valence-electron chi connectivity index (χ4n) is 1.03. The minimum atomic E-state index is -0.408. The predicted molar refractivity (Wildman–Crippen MR) is 57.2 cm³/mol. The average molecular weight is 216 g/mol. The van der Waals surface area contributed by atoms with Crippen molar-refractivity contribution in [2.75, 3.05) is 12.4 Å². The van der Waals surface area contributed by atoms with E-state index in [1.807, 2.05) is 0 Å². The van der Waals surface area contributed by atoms with Crippen LogP contribution in [0.4, 0.5) is 0 Å². The minimum Gasteiger partial charge on any atom is -0.431 e. The van der Waals surface area contributed by atoms with Crippen LogP contribution in [0.5, 0.6) is 0 Å². The number of thioether (sulfide) groups is 1. The Morgan fingerprint density at radius 3 is 3.00 bits per heavy atom. The van der Waals surface area contributed by atoms with Gasteiger partial charge in [-0.2, -0.15) is 11.8 Å². The van der Waals surface area contributed by atoms with Crippen LogP contribution >= 0.6 is 11.8 Å². The van der Waals surface area contributed by atoms with Gasteiger partial charge < -0.3 is 9.47 Å². The van der Waals surface area contributed by atoms with E-state index in [0.717, 1.165) is 6.42 Å². The topological polar surface area (TPSA) is 35.5 Å². The van der Waals surface area contributed by atoms with Gasteiger partial charge >= 0.3 is 5.97 Å². The molecule has 0 bridgehead atoms. The highest BCUT2D eigenvalue weighted by molar-refractivity contribution is 7.99. The van der Waals surface area contributed by atoms with Crippen molar-refractivity contribution in [2.24, 2.45) is 0 Å². The lowest BCUT2D eigenvalue weighted by molar-refractivity contribution is -0.168. The fraction of sp³-hybridized carbons (Fsp3) is 0.700. The van der Waals surface area contributed by atoms with Gasteiger partial charge in [0.05, 0.1) is 12.4 Å². The quantitative estimate of drug-likeness (QED) is 0.522. The Kier molecular flexibility index (Phi) is 4.48. The lowest BCUT2D eigenvalue weighted by Crippen LogP contribution is -2.23. The van der Waals surface area contributed by atoms with Gasteiger partial charge in [0, 0.05) is 10.8 Å². The zero-order valence-corrected chi connectivity index (χ0v) is 9.43. The highest BCUT2D eigenvalue weighted by Crippen LogP contribution is 2.21. The van der Waals surface area contributed by atoms with E-state index in [-0.39, 0.29) is 5.97 Å². The SMILES string of the molecule is C=C(C)C(=O)OC1CSC(C)CCO1. The number of rotatable bonds is 2. The number of ether oxygens (including phenoxy) is 2. The van der Waals surface area contributed by atoms with Gasteiger partial charge in [-0.15, -0.1) is 0 Å². The molecule has 0 amide bonds. The van der Waals surface area contributed by atoms with Crippen molar-refractivity contribution in [1.29, 1.82) is 0 Å². The maximum Gasteiger partial charge on any atom is 0.335 e. The van der Waals surface area contributed by atoms with E-state index in [9.17, 15) is 4.79 Å². The second-order valence-corrected chi connectivity index (χ2v) is 4.89. The molecule has 3 nitrogen and oxygen atoms in total. The highest BCUT2D eigenvalue weighted by Gasteiger charge is 2.20. The van der Waals surface area contributed by atoms with E-state index in [4.69, 9.17) is 9.47 Å². The molecule has 0 aromatic carbocycles. The lowest BCUT2D eigenvalue weighted by atomic mass is 10.3. The van der Waals surface area contributed by atoms with E-state index in [0.29, 0.717) is 23.2 Å². The average Bonchev–Trinajstić information content (AvgIpc) is 2.31. The second-order valence-electron chi connectivity index (χ2n) is 3.42. The summed E-state index contributed by atoms with van der Waals surface area (Å²) in [7, 11) is 0. The van der Waals surface area contributed by atoms with E-state index in [1.165, 1.54) is 0 Å². The molecule has 14 heavy (non-hydrogen) atoms. The summed E-state index contributed by atoms with van der Waals surface area (Å²) in [5.41, 5.74) is 0.413. The van der Waals surface area contributed by atoms with E-state index in [2.05, 4.69) is 13.5 Å². The summed E-state index contributed by atoms with van der Waals surface area (Å²) in [6, 6.07) is 0. The van der Waals surface area contributed by atoms with E-state index < -0.39 is 6.29 Å². The Hall–Kier alpha value is -0.480. The summed E-state index contributed by atoms with van der Waals surface area (Å²) < 4.78 is 10.5. The van der Waals surface area contributed by atoms with Crippen LogP contribution in [0.2, 0.25) is 0 Å². The minimum absolute atomic E-state index is 0.370. The molecule has 1 fully saturated rings. The Morgan fingerprint density at radius 2 is 2.36 bits per heavy atom. The molecule has 1 aliphatic rings. The molecule has 0 aliphatic carbocycles. The standard InChI is InChI=1S/C10H16O3S/c1-7(2)10(11)13-9-6-14-8(3)4-5-12-9/h8-9H,1,4-6H2,2-3H3. The number of carbonyl (C=O) groups excluding carboxylic acids is 1. The Morgan fingerprint density at radius 1 is 1.64 bits per heavy atom. The van der Waals surface area contributed by atoms with Gasteiger partial charge in [-0.05, 0) is 13.3 Å². The maximum absolute atomic E-state index is 11.2. The summed E-state index contributed by atoms with van der Waals surface area (Å²) >= 11 is 1.77. The molecule has 0 aromatic heterocycles. The molecule has 2 atom stereocenters. The molecule has 1 heterocycles. The summed E-state index contributed by atoms with van der Waals surface area (Å²) in [5, 5.41) is 0.573. The first kappa shape index (κ1) is 11.6. The monoisotopic (exact) mass is 216 g/mol. The van der Waals surface area contributed by atoms with Crippen molar-refractivity contribution in [1.82, 2.24) is 0 Å². The first-order chi connectivity index (χ1) is 6.59. The summed E-state index contributed by atoms with van der Waals surface area (Å²) in [6.07, 6.45) is 0.598. The number of esters is 1. The molecule has 0 N–H and O–H groups in total. The zero-order chi connectivity index (χ0) is 10.6. The van der Waals surface area contributed by atoms with Crippen LogP contribution < -0.4 is 0 Å². The molecule has 0 saturated carbocycles. The maximum atomic E-state index is 11.2. The number of carbonyl (C=O) groups is 1. The Bertz CT molecular complexity index is 227. The molecular weight excluding hydrogens is 200 g/mol. The van der Waals surface area contributed by atoms with E-state index in [1.54, 1.807) is 18.7 Å². The van der Waals surface area contributed by atoms with Crippen molar-refractivity contribution < 1.29 is 14.3 Å². The van der Waals surface area contributed by atoms with Gasteiger partial charge in [0.1, 0.15) is 0 Å². The molecule has 4 heteroatoms. The van der Waals surface area contributed by atoms with Crippen LogP contribution in [-0.2, 0) is 14.3 Å². The van der Waals surface area contributed by atoms with Crippen LogP contribution in [-0.4, -0.2) is 29.9 Å². The predicted octanol–water partition coefficient (Wildman–Crippen LogP) is 1.97. The number of hydrogen-bond acceptors (Lipinski definition) is 4. The van der Waals surface area contributed by atoms with E-state index >= 15 is 0 Å². The third-order valence-corrected chi connectivity index (χ3v) is 3.20. The smallest absolute Gasteiger partial charge is 0.335 e. The lowest BCUT2D eigenvalue weighted by Gasteiger charge is -2.15. The molecule has 1 aliphatic heterocycles. The zero-order valence-electron chi connectivity index (χ0n) is 8.62. The van der Waals surface area contributed by atoms with Crippen molar-refractivity contribution in [3.63, 3.8) is 0 Å². The molecular formula is C10H16O3S. The first-order valence-electron chi connectivity index (χ1n) is 4.69. The molecule has 1 saturated heterocycles.